The van der Waals surface area contributed by atoms with Gasteiger partial charge in [-0.25, -0.2) is 0 Å². The van der Waals surface area contributed by atoms with Crippen LogP contribution in [-0.2, 0) is 0 Å². The highest BCUT2D eigenvalue weighted by molar-refractivity contribution is 5.59. The average molecular weight is 250 g/mol. The Balaban J connectivity index is 2.94. The van der Waals surface area contributed by atoms with E-state index >= 15 is 0 Å². The third-order valence-corrected chi connectivity index (χ3v) is 2.79. The first kappa shape index (κ1) is 14.6. The molecule has 1 aromatic carbocycles. The second kappa shape index (κ2) is 5.91. The topological polar surface area (TPSA) is 38.7 Å². The molecule has 1 N–H and O–H groups in total. The van der Waals surface area contributed by atoms with Crippen molar-refractivity contribution in [1.29, 1.82) is 0 Å². The molecule has 1 aromatic rings. The van der Waals surface area contributed by atoms with E-state index in [4.69, 9.17) is 9.47 Å². The number of aliphatic hydroxyl groups is 1. The van der Waals surface area contributed by atoms with Crippen molar-refractivity contribution in [3.63, 3.8) is 0 Å². The number of rotatable bonds is 4. The monoisotopic (exact) mass is 250 g/mol. The third-order valence-electron chi connectivity index (χ3n) is 2.79. The molecule has 18 heavy (non-hydrogen) atoms. The van der Waals surface area contributed by atoms with Gasteiger partial charge in [-0.2, -0.15) is 0 Å². The van der Waals surface area contributed by atoms with Crippen molar-refractivity contribution in [2.45, 2.75) is 26.9 Å². The smallest absolute Gasteiger partial charge is 0.129 e. The molecule has 0 heterocycles. The Morgan fingerprint density at radius 1 is 1.17 bits per heavy atom. The Hall–Kier alpha value is -1.48. The number of methoxy groups -OCH3 is 2. The molecule has 1 rings (SSSR count). The van der Waals surface area contributed by atoms with Crippen LogP contribution in [0.4, 0.5) is 0 Å². The first-order valence-electron chi connectivity index (χ1n) is 5.96. The first-order chi connectivity index (χ1) is 8.38. The minimum Gasteiger partial charge on any atom is -0.497 e. The van der Waals surface area contributed by atoms with E-state index in [9.17, 15) is 5.11 Å². The summed E-state index contributed by atoms with van der Waals surface area (Å²) in [5, 5.41) is 9.96. The molecular weight excluding hydrogens is 228 g/mol. The van der Waals surface area contributed by atoms with Gasteiger partial charge in [0.15, 0.2) is 0 Å². The van der Waals surface area contributed by atoms with Gasteiger partial charge in [0.2, 0.25) is 0 Å². The van der Waals surface area contributed by atoms with Crippen LogP contribution in [0, 0.1) is 5.41 Å². The third kappa shape index (κ3) is 3.77. The fraction of sp³-hybridized carbons (Fsp3) is 0.467. The molecule has 1 unspecified atom stereocenters. The number of ether oxygens (including phenoxy) is 2. The highest BCUT2D eigenvalue weighted by Gasteiger charge is 2.19. The molecule has 0 spiro atoms. The van der Waals surface area contributed by atoms with E-state index < -0.39 is 6.10 Å². The number of aliphatic hydroxyl groups excluding tert-OH is 1. The zero-order valence-corrected chi connectivity index (χ0v) is 11.7. The van der Waals surface area contributed by atoms with Crippen LogP contribution in [0.1, 0.15) is 26.3 Å². The normalized spacial score (nSPS) is 13.7. The van der Waals surface area contributed by atoms with Gasteiger partial charge in [-0.1, -0.05) is 32.9 Å². The van der Waals surface area contributed by atoms with Crippen LogP contribution in [0.25, 0.3) is 6.08 Å². The Morgan fingerprint density at radius 3 is 2.33 bits per heavy atom. The Labute approximate surface area is 109 Å². The van der Waals surface area contributed by atoms with Crippen LogP contribution in [0.5, 0.6) is 11.5 Å². The molecule has 3 heteroatoms. The van der Waals surface area contributed by atoms with E-state index in [2.05, 4.69) is 0 Å². The van der Waals surface area contributed by atoms with Gasteiger partial charge in [-0.15, -0.1) is 0 Å². The van der Waals surface area contributed by atoms with Crippen LogP contribution >= 0.6 is 0 Å². The quantitative estimate of drug-likeness (QED) is 0.892. The second-order valence-corrected chi connectivity index (χ2v) is 5.28. The molecule has 0 aromatic heterocycles. The van der Waals surface area contributed by atoms with Crippen molar-refractivity contribution >= 4 is 6.08 Å². The molecule has 0 saturated carbocycles. The molecule has 100 valence electrons. The van der Waals surface area contributed by atoms with E-state index in [0.29, 0.717) is 0 Å². The average Bonchev–Trinajstić information content (AvgIpc) is 2.34. The van der Waals surface area contributed by atoms with Crippen LogP contribution < -0.4 is 9.47 Å². The van der Waals surface area contributed by atoms with Crippen molar-refractivity contribution in [1.82, 2.24) is 0 Å². The fourth-order valence-electron chi connectivity index (χ4n) is 1.44. The summed E-state index contributed by atoms with van der Waals surface area (Å²) in [6.07, 6.45) is 3.16. The second-order valence-electron chi connectivity index (χ2n) is 5.28. The molecule has 0 bridgehead atoms. The van der Waals surface area contributed by atoms with Gasteiger partial charge in [0, 0.05) is 11.6 Å². The molecule has 0 saturated heterocycles. The molecule has 0 aliphatic carbocycles. The van der Waals surface area contributed by atoms with Crippen molar-refractivity contribution in [3.05, 3.63) is 29.8 Å². The van der Waals surface area contributed by atoms with Gasteiger partial charge < -0.3 is 14.6 Å². The summed E-state index contributed by atoms with van der Waals surface area (Å²) < 4.78 is 10.4. The molecule has 0 aliphatic heterocycles. The summed E-state index contributed by atoms with van der Waals surface area (Å²) in [5.74, 6) is 1.48. The standard InChI is InChI=1S/C15H22O3/c1-15(2,3)14(16)9-7-11-6-8-12(17-4)10-13(11)18-5/h6-10,14,16H,1-5H3/b9-7+. The van der Waals surface area contributed by atoms with E-state index in [-0.39, 0.29) is 5.41 Å². The summed E-state index contributed by atoms with van der Waals surface area (Å²) in [6, 6.07) is 5.60. The van der Waals surface area contributed by atoms with Crippen molar-refractivity contribution in [3.8, 4) is 11.5 Å². The van der Waals surface area contributed by atoms with Gasteiger partial charge in [0.25, 0.3) is 0 Å². The van der Waals surface area contributed by atoms with Gasteiger partial charge in [-0.3, -0.25) is 0 Å². The lowest BCUT2D eigenvalue weighted by Crippen LogP contribution is -2.23. The maximum Gasteiger partial charge on any atom is 0.129 e. The minimum atomic E-state index is -0.496. The highest BCUT2D eigenvalue weighted by Crippen LogP contribution is 2.27. The first-order valence-corrected chi connectivity index (χ1v) is 5.96. The Bertz CT molecular complexity index is 416. The lowest BCUT2D eigenvalue weighted by Gasteiger charge is -2.22. The molecule has 1 atom stereocenters. The number of hydrogen-bond acceptors (Lipinski definition) is 3. The molecule has 0 fully saturated rings. The molecule has 3 nitrogen and oxygen atoms in total. The SMILES string of the molecule is COc1ccc(/C=C/C(O)C(C)(C)C)c(OC)c1. The Kier molecular flexibility index (Phi) is 4.79. The van der Waals surface area contributed by atoms with Crippen LogP contribution in [0.2, 0.25) is 0 Å². The molecule has 0 aliphatic rings. The van der Waals surface area contributed by atoms with Crippen LogP contribution in [0.15, 0.2) is 24.3 Å². The van der Waals surface area contributed by atoms with Gasteiger partial charge in [0.1, 0.15) is 11.5 Å². The van der Waals surface area contributed by atoms with Gasteiger partial charge >= 0.3 is 0 Å². The maximum absolute atomic E-state index is 9.96. The zero-order chi connectivity index (χ0) is 13.8. The predicted octanol–water partition coefficient (Wildman–Crippen LogP) is 3.12. The molecule has 0 amide bonds. The van der Waals surface area contributed by atoms with E-state index in [1.165, 1.54) is 0 Å². The summed E-state index contributed by atoms with van der Waals surface area (Å²) >= 11 is 0. The molecular formula is C15H22O3. The number of hydrogen-bond donors (Lipinski definition) is 1. The Morgan fingerprint density at radius 2 is 1.83 bits per heavy atom. The van der Waals surface area contributed by atoms with Gasteiger partial charge in [0.05, 0.1) is 20.3 Å². The van der Waals surface area contributed by atoms with Crippen molar-refractivity contribution in [2.24, 2.45) is 5.41 Å². The fourth-order valence-corrected chi connectivity index (χ4v) is 1.44. The van der Waals surface area contributed by atoms with Crippen molar-refractivity contribution < 1.29 is 14.6 Å². The van der Waals surface area contributed by atoms with Crippen LogP contribution in [0.3, 0.4) is 0 Å². The number of benzene rings is 1. The van der Waals surface area contributed by atoms with Crippen molar-refractivity contribution in [2.75, 3.05) is 14.2 Å². The van der Waals surface area contributed by atoms with Crippen LogP contribution in [-0.4, -0.2) is 25.4 Å². The predicted molar refractivity (Wildman–Crippen MR) is 74.0 cm³/mol. The van der Waals surface area contributed by atoms with E-state index in [0.717, 1.165) is 17.1 Å². The lowest BCUT2D eigenvalue weighted by atomic mass is 9.89. The summed E-state index contributed by atoms with van der Waals surface area (Å²) in [5.41, 5.74) is 0.748. The summed E-state index contributed by atoms with van der Waals surface area (Å²) in [4.78, 5) is 0. The summed E-state index contributed by atoms with van der Waals surface area (Å²) in [6.45, 7) is 5.98. The maximum atomic E-state index is 9.96. The summed E-state index contributed by atoms with van der Waals surface area (Å²) in [7, 11) is 3.24. The van der Waals surface area contributed by atoms with Gasteiger partial charge in [-0.05, 0) is 17.5 Å². The minimum absolute atomic E-state index is 0.170. The largest absolute Gasteiger partial charge is 0.497 e. The zero-order valence-electron chi connectivity index (χ0n) is 11.7. The lowest BCUT2D eigenvalue weighted by molar-refractivity contribution is 0.106. The highest BCUT2D eigenvalue weighted by atomic mass is 16.5. The van der Waals surface area contributed by atoms with E-state index in [1.54, 1.807) is 20.3 Å². The van der Waals surface area contributed by atoms with E-state index in [1.807, 2.05) is 45.0 Å². The molecule has 0 radical (unpaired) electrons.